The second kappa shape index (κ2) is 9.91. The van der Waals surface area contributed by atoms with E-state index in [4.69, 9.17) is 0 Å². The van der Waals surface area contributed by atoms with E-state index in [-0.39, 0.29) is 12.1 Å². The van der Waals surface area contributed by atoms with Crippen LogP contribution in [-0.4, -0.2) is 42.0 Å². The molecule has 146 valence electrons. The number of aliphatic imine (C=N–C) groups is 1. The molecule has 2 rings (SSSR count). The van der Waals surface area contributed by atoms with Crippen LogP contribution in [0.5, 0.6) is 0 Å². The van der Waals surface area contributed by atoms with E-state index in [9.17, 15) is 4.79 Å². The van der Waals surface area contributed by atoms with Gasteiger partial charge >= 0.3 is 6.03 Å². The minimum absolute atomic E-state index is 0.102. The van der Waals surface area contributed by atoms with Crippen LogP contribution in [0.3, 0.4) is 0 Å². The Balaban J connectivity index is 1.86. The van der Waals surface area contributed by atoms with Crippen LogP contribution >= 0.6 is 11.3 Å². The number of nitrogens with one attached hydrogen (secondary N) is 3. The highest BCUT2D eigenvalue weighted by Gasteiger charge is 2.09. The molecule has 0 unspecified atom stereocenters. The standard InChI is InChI=1S/C19H28N6OS/c1-13(2)22-19(26)24-16-8-6-15(7-9-16)10-21-18(20-4)25(5)11-17-12-27-14(3)23-17/h6-9,12-13H,10-11H2,1-5H3,(H,20,21)(H2,22,24,26). The molecule has 3 N–H and O–H groups in total. The summed E-state index contributed by atoms with van der Waals surface area (Å²) in [7, 11) is 3.76. The number of thiazole rings is 1. The van der Waals surface area contributed by atoms with Crippen LogP contribution in [-0.2, 0) is 13.1 Å². The fourth-order valence-corrected chi connectivity index (χ4v) is 3.10. The van der Waals surface area contributed by atoms with Crippen LogP contribution in [0.1, 0.15) is 30.1 Å². The average Bonchev–Trinajstić information content (AvgIpc) is 3.01. The molecule has 2 aromatic rings. The summed E-state index contributed by atoms with van der Waals surface area (Å²) in [4.78, 5) is 22.6. The zero-order valence-corrected chi connectivity index (χ0v) is 17.4. The van der Waals surface area contributed by atoms with Gasteiger partial charge in [0, 0.05) is 37.7 Å². The number of aryl methyl sites for hydroxylation is 1. The van der Waals surface area contributed by atoms with Crippen LogP contribution in [0.4, 0.5) is 10.5 Å². The third-order valence-corrected chi connectivity index (χ3v) is 4.54. The number of amides is 2. The molecular formula is C19H28N6OS. The zero-order valence-electron chi connectivity index (χ0n) is 16.5. The van der Waals surface area contributed by atoms with E-state index in [1.54, 1.807) is 18.4 Å². The molecular weight excluding hydrogens is 360 g/mol. The van der Waals surface area contributed by atoms with Gasteiger partial charge in [-0.05, 0) is 38.5 Å². The number of hydrogen-bond donors (Lipinski definition) is 3. The van der Waals surface area contributed by atoms with Crippen molar-refractivity contribution in [3.05, 3.63) is 45.9 Å². The average molecular weight is 389 g/mol. The predicted molar refractivity (Wildman–Crippen MR) is 112 cm³/mol. The summed E-state index contributed by atoms with van der Waals surface area (Å²) >= 11 is 1.65. The number of urea groups is 1. The second-order valence-corrected chi connectivity index (χ2v) is 7.63. The molecule has 7 nitrogen and oxygen atoms in total. The van der Waals surface area contributed by atoms with E-state index in [1.165, 1.54) is 0 Å². The number of hydrogen-bond acceptors (Lipinski definition) is 4. The summed E-state index contributed by atoms with van der Waals surface area (Å²) in [5.74, 6) is 0.805. The molecule has 2 amide bonds. The van der Waals surface area contributed by atoms with Gasteiger partial charge < -0.3 is 20.9 Å². The molecule has 0 bridgehead atoms. The van der Waals surface area contributed by atoms with Crippen molar-refractivity contribution in [2.45, 2.75) is 39.9 Å². The highest BCUT2D eigenvalue weighted by Crippen LogP contribution is 2.11. The zero-order chi connectivity index (χ0) is 19.8. The fourth-order valence-electron chi connectivity index (χ4n) is 2.50. The molecule has 27 heavy (non-hydrogen) atoms. The minimum atomic E-state index is -0.199. The molecule has 0 saturated heterocycles. The third kappa shape index (κ3) is 6.90. The van der Waals surface area contributed by atoms with Gasteiger partial charge in [0.1, 0.15) is 0 Å². The Morgan fingerprint density at radius 1 is 1.30 bits per heavy atom. The van der Waals surface area contributed by atoms with Gasteiger partial charge in [0.15, 0.2) is 5.96 Å². The number of carbonyl (C=O) groups is 1. The monoisotopic (exact) mass is 388 g/mol. The van der Waals surface area contributed by atoms with Gasteiger partial charge in [0.25, 0.3) is 0 Å². The second-order valence-electron chi connectivity index (χ2n) is 6.56. The Morgan fingerprint density at radius 3 is 2.56 bits per heavy atom. The fraction of sp³-hybridized carbons (Fsp3) is 0.421. The Bertz CT molecular complexity index is 769. The third-order valence-electron chi connectivity index (χ3n) is 3.72. The van der Waals surface area contributed by atoms with Crippen molar-refractivity contribution in [1.82, 2.24) is 20.5 Å². The quantitative estimate of drug-likeness (QED) is 0.524. The Hall–Kier alpha value is -2.61. The van der Waals surface area contributed by atoms with Crippen molar-refractivity contribution >= 4 is 29.0 Å². The van der Waals surface area contributed by atoms with Gasteiger partial charge in [0.05, 0.1) is 17.2 Å². The highest BCUT2D eigenvalue weighted by molar-refractivity contribution is 7.09. The maximum atomic E-state index is 11.7. The number of guanidine groups is 1. The first-order valence-electron chi connectivity index (χ1n) is 8.86. The van der Waals surface area contributed by atoms with E-state index in [2.05, 4.69) is 31.3 Å². The number of nitrogens with zero attached hydrogens (tertiary/aromatic N) is 3. The van der Waals surface area contributed by atoms with Crippen molar-refractivity contribution < 1.29 is 4.79 Å². The first-order chi connectivity index (χ1) is 12.9. The van der Waals surface area contributed by atoms with Gasteiger partial charge in [-0.25, -0.2) is 9.78 Å². The van der Waals surface area contributed by atoms with Crippen molar-refractivity contribution in [2.75, 3.05) is 19.4 Å². The molecule has 8 heteroatoms. The van der Waals surface area contributed by atoms with E-state index < -0.39 is 0 Å². The first kappa shape index (κ1) is 20.7. The molecule has 1 heterocycles. The normalized spacial score (nSPS) is 11.4. The summed E-state index contributed by atoms with van der Waals surface area (Å²) in [6.07, 6.45) is 0. The van der Waals surface area contributed by atoms with Crippen LogP contribution in [0, 0.1) is 6.92 Å². The van der Waals surface area contributed by atoms with Gasteiger partial charge in [-0.2, -0.15) is 0 Å². The summed E-state index contributed by atoms with van der Waals surface area (Å²) in [5.41, 5.74) is 2.90. The van der Waals surface area contributed by atoms with Crippen molar-refractivity contribution in [1.29, 1.82) is 0 Å². The largest absolute Gasteiger partial charge is 0.352 e. The lowest BCUT2D eigenvalue weighted by atomic mass is 10.2. The maximum absolute atomic E-state index is 11.7. The number of benzene rings is 1. The summed E-state index contributed by atoms with van der Waals surface area (Å²) < 4.78 is 0. The molecule has 1 aromatic heterocycles. The molecule has 0 aliphatic heterocycles. The predicted octanol–water partition coefficient (Wildman–Crippen LogP) is 3.19. The number of aromatic nitrogens is 1. The van der Waals surface area contributed by atoms with Gasteiger partial charge in [-0.1, -0.05) is 12.1 Å². The lowest BCUT2D eigenvalue weighted by molar-refractivity contribution is 0.250. The summed E-state index contributed by atoms with van der Waals surface area (Å²) in [6.45, 7) is 7.21. The molecule has 0 fully saturated rings. The lowest BCUT2D eigenvalue weighted by Gasteiger charge is -2.21. The Kier molecular flexibility index (Phi) is 7.60. The number of rotatable bonds is 6. The van der Waals surface area contributed by atoms with E-state index >= 15 is 0 Å². The van der Waals surface area contributed by atoms with E-state index in [1.807, 2.05) is 57.0 Å². The van der Waals surface area contributed by atoms with Crippen molar-refractivity contribution in [3.63, 3.8) is 0 Å². The summed E-state index contributed by atoms with van der Waals surface area (Å²) in [6, 6.07) is 7.65. The molecule has 0 aliphatic carbocycles. The molecule has 0 spiro atoms. The molecule has 0 saturated carbocycles. The van der Waals surface area contributed by atoms with Gasteiger partial charge in [-0.3, -0.25) is 4.99 Å². The molecule has 0 aliphatic rings. The number of anilines is 1. The lowest BCUT2D eigenvalue weighted by Crippen LogP contribution is -2.38. The molecule has 0 atom stereocenters. The Labute approximate surface area is 164 Å². The van der Waals surface area contributed by atoms with Crippen LogP contribution in [0.25, 0.3) is 0 Å². The highest BCUT2D eigenvalue weighted by atomic mass is 32.1. The summed E-state index contributed by atoms with van der Waals surface area (Å²) in [5, 5.41) is 12.1. The van der Waals surface area contributed by atoms with Crippen molar-refractivity contribution in [3.8, 4) is 0 Å². The first-order valence-corrected chi connectivity index (χ1v) is 9.74. The van der Waals surface area contributed by atoms with Gasteiger partial charge in [-0.15, -0.1) is 11.3 Å². The van der Waals surface area contributed by atoms with E-state index in [0.717, 1.165) is 27.9 Å². The van der Waals surface area contributed by atoms with Crippen LogP contribution < -0.4 is 16.0 Å². The number of carbonyl (C=O) groups excluding carboxylic acids is 1. The van der Waals surface area contributed by atoms with Crippen LogP contribution in [0.15, 0.2) is 34.6 Å². The van der Waals surface area contributed by atoms with Gasteiger partial charge in [0.2, 0.25) is 0 Å². The topological polar surface area (TPSA) is 81.6 Å². The Morgan fingerprint density at radius 2 is 2.00 bits per heavy atom. The SMILES string of the molecule is CN=C(NCc1ccc(NC(=O)NC(C)C)cc1)N(C)Cc1csc(C)n1. The van der Waals surface area contributed by atoms with E-state index in [0.29, 0.717) is 13.1 Å². The molecule has 1 aromatic carbocycles. The van der Waals surface area contributed by atoms with Crippen LogP contribution in [0.2, 0.25) is 0 Å². The maximum Gasteiger partial charge on any atom is 0.319 e. The van der Waals surface area contributed by atoms with Crippen molar-refractivity contribution in [2.24, 2.45) is 4.99 Å². The minimum Gasteiger partial charge on any atom is -0.352 e. The molecule has 0 radical (unpaired) electrons. The smallest absolute Gasteiger partial charge is 0.319 e.